The van der Waals surface area contributed by atoms with Gasteiger partial charge in [-0.1, -0.05) is 31.0 Å². The number of benzene rings is 1. The molecule has 4 heteroatoms. The van der Waals surface area contributed by atoms with E-state index in [-0.39, 0.29) is 5.91 Å². The average Bonchev–Trinajstić information content (AvgIpc) is 3.12. The molecule has 2 aliphatic rings. The second kappa shape index (κ2) is 4.12. The van der Waals surface area contributed by atoms with E-state index in [1.807, 2.05) is 18.2 Å². The van der Waals surface area contributed by atoms with Gasteiger partial charge in [0, 0.05) is 12.1 Å². The molecule has 1 atom stereocenters. The third-order valence-electron chi connectivity index (χ3n) is 3.76. The highest BCUT2D eigenvalue weighted by atomic mass is 16.4. The van der Waals surface area contributed by atoms with Gasteiger partial charge in [-0.05, 0) is 24.0 Å². The van der Waals surface area contributed by atoms with E-state index in [4.69, 9.17) is 0 Å². The van der Waals surface area contributed by atoms with E-state index >= 15 is 0 Å². The van der Waals surface area contributed by atoms with E-state index < -0.39 is 12.0 Å². The van der Waals surface area contributed by atoms with Crippen molar-refractivity contribution in [3.8, 4) is 0 Å². The van der Waals surface area contributed by atoms with Crippen LogP contribution in [0.5, 0.6) is 0 Å². The van der Waals surface area contributed by atoms with E-state index in [0.717, 1.165) is 18.4 Å². The minimum atomic E-state index is -0.886. The molecule has 1 aliphatic carbocycles. The molecule has 1 aromatic carbocycles. The van der Waals surface area contributed by atoms with Crippen LogP contribution in [0.15, 0.2) is 24.3 Å². The van der Waals surface area contributed by atoms with Crippen LogP contribution in [-0.2, 0) is 11.3 Å². The lowest BCUT2D eigenvalue weighted by Gasteiger charge is -2.24. The van der Waals surface area contributed by atoms with E-state index in [0.29, 0.717) is 24.4 Å². The Balaban J connectivity index is 1.84. The first-order chi connectivity index (χ1) is 8.66. The third kappa shape index (κ3) is 1.88. The Morgan fingerprint density at radius 3 is 2.72 bits per heavy atom. The molecule has 1 N–H and O–H groups in total. The monoisotopic (exact) mass is 245 g/mol. The number of aliphatic carboxylic acids is 1. The van der Waals surface area contributed by atoms with Crippen LogP contribution in [-0.4, -0.2) is 27.9 Å². The van der Waals surface area contributed by atoms with Crippen molar-refractivity contribution in [2.75, 3.05) is 0 Å². The summed E-state index contributed by atoms with van der Waals surface area (Å²) in [7, 11) is 0. The van der Waals surface area contributed by atoms with Crippen LogP contribution >= 0.6 is 0 Å². The Kier molecular flexibility index (Phi) is 2.58. The molecule has 0 aromatic heterocycles. The number of carbonyl (C=O) groups is 2. The van der Waals surface area contributed by atoms with E-state index in [2.05, 4.69) is 0 Å². The summed E-state index contributed by atoms with van der Waals surface area (Å²) in [6.45, 7) is 0.429. The molecule has 1 saturated carbocycles. The second-order valence-electron chi connectivity index (χ2n) is 5.12. The fourth-order valence-corrected chi connectivity index (χ4v) is 2.56. The number of hydrogen-bond donors (Lipinski definition) is 1. The molecule has 0 radical (unpaired) electrons. The standard InChI is InChI=1S/C14H15NO3/c16-13-11-4-2-1-3-10(11)8-15(13)12(14(17)18)7-9-5-6-9/h1-4,9,12H,5-8H2,(H,17,18)/t12-/m1/s1. The first-order valence-corrected chi connectivity index (χ1v) is 6.28. The van der Waals surface area contributed by atoms with Crippen molar-refractivity contribution in [2.45, 2.75) is 31.8 Å². The number of fused-ring (bicyclic) bond motifs is 1. The van der Waals surface area contributed by atoms with Gasteiger partial charge in [-0.15, -0.1) is 0 Å². The van der Waals surface area contributed by atoms with Gasteiger partial charge in [0.2, 0.25) is 0 Å². The molecular formula is C14H15NO3. The van der Waals surface area contributed by atoms with Gasteiger partial charge in [0.1, 0.15) is 6.04 Å². The van der Waals surface area contributed by atoms with E-state index in [1.165, 1.54) is 4.90 Å². The van der Waals surface area contributed by atoms with Crippen LogP contribution in [0.1, 0.15) is 35.2 Å². The first kappa shape index (κ1) is 11.3. The van der Waals surface area contributed by atoms with Crippen LogP contribution in [0.2, 0.25) is 0 Å². The van der Waals surface area contributed by atoms with E-state index in [1.54, 1.807) is 6.07 Å². The zero-order chi connectivity index (χ0) is 12.7. The maximum atomic E-state index is 12.2. The Morgan fingerprint density at radius 2 is 2.11 bits per heavy atom. The zero-order valence-corrected chi connectivity index (χ0v) is 10.0. The summed E-state index contributed by atoms with van der Waals surface area (Å²) in [6.07, 6.45) is 2.78. The fourth-order valence-electron chi connectivity index (χ4n) is 2.56. The molecule has 3 rings (SSSR count). The van der Waals surface area contributed by atoms with Crippen molar-refractivity contribution in [3.05, 3.63) is 35.4 Å². The number of carboxylic acids is 1. The average molecular weight is 245 g/mol. The largest absolute Gasteiger partial charge is 0.480 e. The van der Waals surface area contributed by atoms with Crippen LogP contribution in [0.4, 0.5) is 0 Å². The van der Waals surface area contributed by atoms with Crippen molar-refractivity contribution in [1.82, 2.24) is 4.90 Å². The summed E-state index contributed by atoms with van der Waals surface area (Å²) in [5.74, 6) is -0.538. The highest BCUT2D eigenvalue weighted by Gasteiger charge is 2.39. The first-order valence-electron chi connectivity index (χ1n) is 6.28. The highest BCUT2D eigenvalue weighted by Crippen LogP contribution is 2.36. The molecule has 0 unspecified atom stereocenters. The number of hydrogen-bond acceptors (Lipinski definition) is 2. The van der Waals surface area contributed by atoms with Crippen LogP contribution < -0.4 is 0 Å². The van der Waals surface area contributed by atoms with Gasteiger partial charge < -0.3 is 10.0 Å². The quantitative estimate of drug-likeness (QED) is 0.881. The lowest BCUT2D eigenvalue weighted by molar-refractivity contribution is -0.142. The van der Waals surface area contributed by atoms with Crippen molar-refractivity contribution in [2.24, 2.45) is 5.92 Å². The van der Waals surface area contributed by atoms with Gasteiger partial charge in [0.05, 0.1) is 0 Å². The Labute approximate surface area is 105 Å². The minimum absolute atomic E-state index is 0.140. The summed E-state index contributed by atoms with van der Waals surface area (Å²) < 4.78 is 0. The number of amides is 1. The minimum Gasteiger partial charge on any atom is -0.480 e. The van der Waals surface area contributed by atoms with Crippen LogP contribution in [0, 0.1) is 5.92 Å². The zero-order valence-electron chi connectivity index (χ0n) is 10.0. The number of carbonyl (C=O) groups excluding carboxylic acids is 1. The molecule has 1 aromatic rings. The predicted octanol–water partition coefficient (Wildman–Crippen LogP) is 1.90. The molecule has 0 spiro atoms. The second-order valence-corrected chi connectivity index (χ2v) is 5.12. The summed E-state index contributed by atoms with van der Waals surface area (Å²) in [5.41, 5.74) is 1.59. The molecule has 94 valence electrons. The summed E-state index contributed by atoms with van der Waals surface area (Å²) in [5, 5.41) is 9.31. The van der Waals surface area contributed by atoms with E-state index in [9.17, 15) is 14.7 Å². The third-order valence-corrected chi connectivity index (χ3v) is 3.76. The lowest BCUT2D eigenvalue weighted by atomic mass is 10.1. The predicted molar refractivity (Wildman–Crippen MR) is 65.1 cm³/mol. The fraction of sp³-hybridized carbons (Fsp3) is 0.429. The van der Waals surface area contributed by atoms with Gasteiger partial charge in [-0.2, -0.15) is 0 Å². The van der Waals surface area contributed by atoms with Gasteiger partial charge >= 0.3 is 5.97 Å². The van der Waals surface area contributed by atoms with Crippen LogP contribution in [0.3, 0.4) is 0 Å². The molecule has 4 nitrogen and oxygen atoms in total. The van der Waals surface area contributed by atoms with Crippen molar-refractivity contribution < 1.29 is 14.7 Å². The number of nitrogens with zero attached hydrogens (tertiary/aromatic N) is 1. The van der Waals surface area contributed by atoms with Gasteiger partial charge in [-0.3, -0.25) is 4.79 Å². The molecule has 1 amide bonds. The molecular weight excluding hydrogens is 230 g/mol. The van der Waals surface area contributed by atoms with Crippen molar-refractivity contribution in [3.63, 3.8) is 0 Å². The normalized spacial score (nSPS) is 19.8. The van der Waals surface area contributed by atoms with Gasteiger partial charge in [-0.25, -0.2) is 4.79 Å². The topological polar surface area (TPSA) is 57.6 Å². The SMILES string of the molecule is O=C(O)[C@@H](CC1CC1)N1Cc2ccccc2C1=O. The molecule has 1 aliphatic heterocycles. The van der Waals surface area contributed by atoms with Gasteiger partial charge in [0.15, 0.2) is 0 Å². The van der Waals surface area contributed by atoms with Crippen LogP contribution in [0.25, 0.3) is 0 Å². The van der Waals surface area contributed by atoms with Crippen molar-refractivity contribution >= 4 is 11.9 Å². The lowest BCUT2D eigenvalue weighted by Crippen LogP contribution is -2.41. The molecule has 1 fully saturated rings. The number of rotatable bonds is 4. The molecule has 0 saturated heterocycles. The Morgan fingerprint density at radius 1 is 1.39 bits per heavy atom. The molecule has 1 heterocycles. The maximum absolute atomic E-state index is 12.2. The summed E-state index contributed by atoms with van der Waals surface area (Å²) in [6, 6.07) is 6.69. The van der Waals surface area contributed by atoms with Gasteiger partial charge in [0.25, 0.3) is 5.91 Å². The Hall–Kier alpha value is -1.84. The smallest absolute Gasteiger partial charge is 0.326 e. The summed E-state index contributed by atoms with van der Waals surface area (Å²) >= 11 is 0. The highest BCUT2D eigenvalue weighted by molar-refractivity contribution is 6.00. The maximum Gasteiger partial charge on any atom is 0.326 e. The molecule has 18 heavy (non-hydrogen) atoms. The molecule has 0 bridgehead atoms. The Bertz CT molecular complexity index is 508. The summed E-state index contributed by atoms with van der Waals surface area (Å²) in [4.78, 5) is 25.1. The van der Waals surface area contributed by atoms with Crippen molar-refractivity contribution in [1.29, 1.82) is 0 Å². The number of carboxylic acid groups (broad SMARTS) is 1.